The Morgan fingerprint density at radius 1 is 1.00 bits per heavy atom. The second-order valence-corrected chi connectivity index (χ2v) is 8.45. The number of rotatable bonds is 5. The Hall–Kier alpha value is -2.49. The van der Waals surface area contributed by atoms with E-state index in [0.29, 0.717) is 42.6 Å². The van der Waals surface area contributed by atoms with E-state index in [1.165, 1.54) is 18.2 Å². The van der Waals surface area contributed by atoms with E-state index < -0.39 is 17.6 Å². The van der Waals surface area contributed by atoms with Crippen LogP contribution in [0.4, 0.5) is 23.7 Å². The van der Waals surface area contributed by atoms with Crippen LogP contribution in [0.15, 0.2) is 42.5 Å². The summed E-state index contributed by atoms with van der Waals surface area (Å²) in [4.78, 5) is 28.4. The summed E-state index contributed by atoms with van der Waals surface area (Å²) in [6.07, 6.45) is -3.93. The standard InChI is InChI=1S/C22H23Cl2F3N4O2/c23-16-7-6-15(18(24)12-16)13-28-21(33)31-9-3-8-30(10-11-31)14-20(32)29-19-5-2-1-4-17(19)22(25,26)27/h1-2,4-7,12H,3,8-11,13-14H2,(H,28,33)(H,29,32). The molecule has 1 aliphatic rings. The lowest BCUT2D eigenvalue weighted by atomic mass is 10.1. The van der Waals surface area contributed by atoms with Crippen LogP contribution >= 0.6 is 23.2 Å². The number of amides is 3. The highest BCUT2D eigenvalue weighted by molar-refractivity contribution is 6.35. The van der Waals surface area contributed by atoms with E-state index in [1.807, 2.05) is 4.90 Å². The molecule has 2 N–H and O–H groups in total. The van der Waals surface area contributed by atoms with Gasteiger partial charge < -0.3 is 15.5 Å². The molecule has 0 aliphatic carbocycles. The Kier molecular flexibility index (Phi) is 8.45. The third-order valence-corrected chi connectivity index (χ3v) is 5.78. The van der Waals surface area contributed by atoms with Crippen molar-refractivity contribution in [3.05, 3.63) is 63.6 Å². The second-order valence-electron chi connectivity index (χ2n) is 7.60. The second kappa shape index (κ2) is 11.1. The van der Waals surface area contributed by atoms with Crippen molar-refractivity contribution < 1.29 is 22.8 Å². The van der Waals surface area contributed by atoms with Gasteiger partial charge in [0.15, 0.2) is 0 Å². The van der Waals surface area contributed by atoms with Crippen LogP contribution in [0.1, 0.15) is 17.5 Å². The summed E-state index contributed by atoms with van der Waals surface area (Å²) in [5.41, 5.74) is -0.425. The molecule has 0 saturated carbocycles. The molecule has 1 heterocycles. The summed E-state index contributed by atoms with van der Waals surface area (Å²) >= 11 is 12.0. The number of urea groups is 1. The highest BCUT2D eigenvalue weighted by Crippen LogP contribution is 2.34. The van der Waals surface area contributed by atoms with Crippen LogP contribution < -0.4 is 10.6 Å². The van der Waals surface area contributed by atoms with Gasteiger partial charge in [-0.3, -0.25) is 9.69 Å². The Balaban J connectivity index is 1.50. The van der Waals surface area contributed by atoms with Crippen molar-refractivity contribution in [2.75, 3.05) is 38.0 Å². The number of halogens is 5. The Morgan fingerprint density at radius 3 is 2.48 bits per heavy atom. The first-order chi connectivity index (χ1) is 15.6. The average molecular weight is 503 g/mol. The van der Waals surface area contributed by atoms with Crippen LogP contribution in [-0.4, -0.2) is 54.5 Å². The molecule has 0 radical (unpaired) electrons. The molecule has 6 nitrogen and oxygen atoms in total. The topological polar surface area (TPSA) is 64.7 Å². The predicted octanol–water partition coefficient (Wildman–Crippen LogP) is 4.87. The van der Waals surface area contributed by atoms with Crippen molar-refractivity contribution in [1.29, 1.82) is 0 Å². The maximum atomic E-state index is 13.1. The molecule has 0 unspecified atom stereocenters. The zero-order chi connectivity index (χ0) is 24.0. The van der Waals surface area contributed by atoms with Crippen molar-refractivity contribution in [2.45, 2.75) is 19.1 Å². The van der Waals surface area contributed by atoms with Crippen LogP contribution in [0.5, 0.6) is 0 Å². The predicted molar refractivity (Wildman–Crippen MR) is 121 cm³/mol. The monoisotopic (exact) mass is 502 g/mol. The van der Waals surface area contributed by atoms with Crippen molar-refractivity contribution in [3.63, 3.8) is 0 Å². The summed E-state index contributed by atoms with van der Waals surface area (Å²) in [5, 5.41) is 6.14. The first-order valence-electron chi connectivity index (χ1n) is 10.3. The number of alkyl halides is 3. The van der Waals surface area contributed by atoms with E-state index >= 15 is 0 Å². The van der Waals surface area contributed by atoms with Gasteiger partial charge in [-0.2, -0.15) is 13.2 Å². The molecule has 1 aliphatic heterocycles. The number of para-hydroxylation sites is 1. The van der Waals surface area contributed by atoms with Gasteiger partial charge in [0.05, 0.1) is 17.8 Å². The maximum absolute atomic E-state index is 13.1. The van der Waals surface area contributed by atoms with E-state index in [9.17, 15) is 22.8 Å². The van der Waals surface area contributed by atoms with Crippen molar-refractivity contribution in [2.24, 2.45) is 0 Å². The summed E-state index contributed by atoms with van der Waals surface area (Å²) in [6.45, 7) is 2.02. The number of anilines is 1. The molecular weight excluding hydrogens is 480 g/mol. The molecule has 3 rings (SSSR count). The molecule has 33 heavy (non-hydrogen) atoms. The maximum Gasteiger partial charge on any atom is 0.418 e. The highest BCUT2D eigenvalue weighted by Gasteiger charge is 2.33. The number of nitrogens with one attached hydrogen (secondary N) is 2. The largest absolute Gasteiger partial charge is 0.418 e. The molecule has 2 aromatic carbocycles. The van der Waals surface area contributed by atoms with Gasteiger partial charge in [0, 0.05) is 42.8 Å². The number of nitrogens with zero attached hydrogens (tertiary/aromatic N) is 2. The van der Waals surface area contributed by atoms with Crippen LogP contribution in [0.25, 0.3) is 0 Å². The minimum Gasteiger partial charge on any atom is -0.334 e. The molecule has 1 fully saturated rings. The van der Waals surface area contributed by atoms with Crippen LogP contribution in [0.3, 0.4) is 0 Å². The number of hydrogen-bond acceptors (Lipinski definition) is 3. The molecule has 1 saturated heterocycles. The van der Waals surface area contributed by atoms with Gasteiger partial charge in [-0.15, -0.1) is 0 Å². The number of carbonyl (C=O) groups is 2. The lowest BCUT2D eigenvalue weighted by Crippen LogP contribution is -2.42. The van der Waals surface area contributed by atoms with Crippen LogP contribution in [-0.2, 0) is 17.5 Å². The normalized spacial score (nSPS) is 15.1. The molecule has 2 aromatic rings. The quantitative estimate of drug-likeness (QED) is 0.612. The van der Waals surface area contributed by atoms with E-state index in [2.05, 4.69) is 10.6 Å². The molecule has 0 spiro atoms. The first kappa shape index (κ1) is 25.1. The molecule has 0 atom stereocenters. The van der Waals surface area contributed by atoms with Crippen molar-refractivity contribution >= 4 is 40.8 Å². The third-order valence-electron chi connectivity index (χ3n) is 5.19. The Labute approximate surface area is 199 Å². The summed E-state index contributed by atoms with van der Waals surface area (Å²) in [6, 6.07) is 9.63. The van der Waals surface area contributed by atoms with Gasteiger partial charge in [-0.1, -0.05) is 41.4 Å². The van der Waals surface area contributed by atoms with Crippen LogP contribution in [0.2, 0.25) is 10.0 Å². The highest BCUT2D eigenvalue weighted by atomic mass is 35.5. The molecular formula is C22H23Cl2F3N4O2. The minimum absolute atomic E-state index is 0.0674. The molecule has 3 amide bonds. The van der Waals surface area contributed by atoms with Gasteiger partial charge in [-0.05, 0) is 36.2 Å². The van der Waals surface area contributed by atoms with E-state index in [4.69, 9.17) is 23.2 Å². The van der Waals surface area contributed by atoms with Gasteiger partial charge >= 0.3 is 12.2 Å². The molecule has 178 valence electrons. The Morgan fingerprint density at radius 2 is 1.76 bits per heavy atom. The first-order valence-corrected chi connectivity index (χ1v) is 11.0. The minimum atomic E-state index is -4.56. The number of hydrogen-bond donors (Lipinski definition) is 2. The fourth-order valence-electron chi connectivity index (χ4n) is 3.51. The van der Waals surface area contributed by atoms with Crippen molar-refractivity contribution in [3.8, 4) is 0 Å². The lowest BCUT2D eigenvalue weighted by molar-refractivity contribution is -0.137. The van der Waals surface area contributed by atoms with Gasteiger partial charge in [0.2, 0.25) is 5.91 Å². The van der Waals surface area contributed by atoms with Crippen LogP contribution in [0, 0.1) is 0 Å². The van der Waals surface area contributed by atoms with Crippen molar-refractivity contribution in [1.82, 2.24) is 15.1 Å². The summed E-state index contributed by atoms with van der Waals surface area (Å²) in [7, 11) is 0. The molecule has 0 bridgehead atoms. The SMILES string of the molecule is O=C(CN1CCCN(C(=O)NCc2ccc(Cl)cc2Cl)CC1)Nc1ccccc1C(F)(F)F. The smallest absolute Gasteiger partial charge is 0.334 e. The summed E-state index contributed by atoms with van der Waals surface area (Å²) < 4.78 is 39.4. The lowest BCUT2D eigenvalue weighted by Gasteiger charge is -2.22. The average Bonchev–Trinajstić information content (AvgIpc) is 2.98. The number of carbonyl (C=O) groups excluding carboxylic acids is 2. The van der Waals surface area contributed by atoms with Gasteiger partial charge in [0.1, 0.15) is 0 Å². The third kappa shape index (κ3) is 7.25. The fourth-order valence-corrected chi connectivity index (χ4v) is 3.99. The molecule has 0 aromatic heterocycles. The fraction of sp³-hybridized carbons (Fsp3) is 0.364. The van der Waals surface area contributed by atoms with E-state index in [1.54, 1.807) is 23.1 Å². The zero-order valence-corrected chi connectivity index (χ0v) is 19.1. The number of benzene rings is 2. The molecule has 11 heteroatoms. The summed E-state index contributed by atoms with van der Waals surface area (Å²) in [5.74, 6) is -0.540. The van der Waals surface area contributed by atoms with E-state index in [0.717, 1.165) is 11.6 Å². The van der Waals surface area contributed by atoms with Gasteiger partial charge in [0.25, 0.3) is 0 Å². The zero-order valence-electron chi connectivity index (χ0n) is 17.6. The van der Waals surface area contributed by atoms with E-state index in [-0.39, 0.29) is 24.8 Å². The Bertz CT molecular complexity index is 1000. The van der Waals surface area contributed by atoms with Gasteiger partial charge in [-0.25, -0.2) is 4.79 Å².